The van der Waals surface area contributed by atoms with Gasteiger partial charge >= 0.3 is 6.18 Å². The van der Waals surface area contributed by atoms with Gasteiger partial charge in [0, 0.05) is 63.5 Å². The number of aromatic amines is 1. The number of nitrogens with one attached hydrogen (secondary N) is 3. The summed E-state index contributed by atoms with van der Waals surface area (Å²) in [4.78, 5) is 38.6. The molecule has 3 aromatic carbocycles. The van der Waals surface area contributed by atoms with Gasteiger partial charge in [-0.3, -0.25) is 19.8 Å². The van der Waals surface area contributed by atoms with Crippen molar-refractivity contribution in [1.29, 1.82) is 0 Å². The number of ether oxygens (including phenoxy) is 1. The Morgan fingerprint density at radius 1 is 1.03 bits per heavy atom. The molecule has 7 rings (SSSR count). The van der Waals surface area contributed by atoms with Crippen LogP contribution in [0.3, 0.4) is 0 Å². The van der Waals surface area contributed by atoms with Crippen molar-refractivity contribution in [3.8, 4) is 11.5 Å². The molecule has 2 aliphatic rings. The normalized spacial score (nSPS) is 16.2. The molecule has 0 radical (unpaired) electrons. The maximum atomic E-state index is 14.0. The van der Waals surface area contributed by atoms with Crippen LogP contribution in [0.2, 0.25) is 0 Å². The Kier molecular flexibility index (Phi) is 12.6. The third kappa shape index (κ3) is 10.2. The van der Waals surface area contributed by atoms with Crippen LogP contribution in [-0.2, 0) is 16.2 Å². The first-order valence-corrected chi connectivity index (χ1v) is 21.7. The topological polar surface area (TPSA) is 166 Å². The van der Waals surface area contributed by atoms with E-state index in [4.69, 9.17) is 4.74 Å². The van der Waals surface area contributed by atoms with Crippen molar-refractivity contribution < 1.29 is 36.0 Å². The standard InChI is InChI=1S/C44H49F3N8O6S/c1-43(2)16-14-31(36(26-43)29-8-10-32(11-9-29)44(45,46)47)28-53-20-22-54(23-21-53)38-7-5-6-35(40(38)61-33-24-30-15-17-49-41(30)50-27-33)42(56)51-62(59,60)34-12-13-37(39(25-34)55(57)58)48-18-19-52(3)4/h5-13,15,17,24-25,27,48H,14,16,18-23,26,28H2,1-4H3,(H,49,50)(H,51,56). The van der Waals surface area contributed by atoms with Gasteiger partial charge in [0.1, 0.15) is 17.1 Å². The van der Waals surface area contributed by atoms with Crippen LogP contribution >= 0.6 is 0 Å². The summed E-state index contributed by atoms with van der Waals surface area (Å²) in [6, 6.07) is 17.3. The van der Waals surface area contributed by atoms with Crippen LogP contribution in [0.4, 0.5) is 30.2 Å². The number of rotatable bonds is 14. The number of pyridine rings is 1. The molecule has 2 aromatic heterocycles. The number of halogens is 3. The van der Waals surface area contributed by atoms with E-state index in [2.05, 4.69) is 43.7 Å². The fraction of sp³-hybridized carbons (Fsp3) is 0.364. The van der Waals surface area contributed by atoms with Gasteiger partial charge in [-0.05, 0) is 98.4 Å². The van der Waals surface area contributed by atoms with Crippen LogP contribution in [-0.4, -0.2) is 98.9 Å². The molecule has 0 saturated carbocycles. The number of aromatic nitrogens is 2. The summed E-state index contributed by atoms with van der Waals surface area (Å²) >= 11 is 0. The molecule has 3 heterocycles. The predicted octanol–water partition coefficient (Wildman–Crippen LogP) is 8.16. The van der Waals surface area contributed by atoms with Crippen LogP contribution in [0.5, 0.6) is 11.5 Å². The molecule has 328 valence electrons. The zero-order chi connectivity index (χ0) is 44.4. The first kappa shape index (κ1) is 44.1. The Morgan fingerprint density at radius 2 is 1.77 bits per heavy atom. The third-order valence-corrected chi connectivity index (χ3v) is 12.6. The summed E-state index contributed by atoms with van der Waals surface area (Å²) in [6.45, 7) is 8.23. The number of carbonyl (C=O) groups excluding carboxylic acids is 1. The van der Waals surface area contributed by atoms with Gasteiger partial charge < -0.3 is 24.8 Å². The first-order valence-electron chi connectivity index (χ1n) is 20.2. The summed E-state index contributed by atoms with van der Waals surface area (Å²) in [5.41, 5.74) is 3.15. The Morgan fingerprint density at radius 3 is 2.47 bits per heavy atom. The molecule has 1 aliphatic heterocycles. The highest BCUT2D eigenvalue weighted by atomic mass is 32.2. The van der Waals surface area contributed by atoms with Crippen molar-refractivity contribution in [3.63, 3.8) is 0 Å². The van der Waals surface area contributed by atoms with Gasteiger partial charge in [0.15, 0.2) is 5.75 Å². The number of hydrogen-bond donors (Lipinski definition) is 3. The van der Waals surface area contributed by atoms with E-state index in [1.807, 2.05) is 25.1 Å². The van der Waals surface area contributed by atoms with Crippen molar-refractivity contribution in [2.75, 3.05) is 70.1 Å². The number of allylic oxidation sites excluding steroid dienone is 1. The van der Waals surface area contributed by atoms with E-state index in [0.29, 0.717) is 62.9 Å². The summed E-state index contributed by atoms with van der Waals surface area (Å²) in [5, 5.41) is 15.7. The maximum absolute atomic E-state index is 14.0. The summed E-state index contributed by atoms with van der Waals surface area (Å²) in [6.07, 6.45) is 1.34. The second-order valence-electron chi connectivity index (χ2n) is 16.7. The number of sulfonamides is 1. The highest BCUT2D eigenvalue weighted by Crippen LogP contribution is 2.44. The molecule has 0 spiro atoms. The van der Waals surface area contributed by atoms with E-state index in [0.717, 1.165) is 54.0 Å². The van der Waals surface area contributed by atoms with Crippen LogP contribution in [0.25, 0.3) is 16.6 Å². The molecular weight excluding hydrogens is 826 g/mol. The van der Waals surface area contributed by atoms with E-state index in [9.17, 15) is 36.5 Å². The van der Waals surface area contributed by atoms with Gasteiger partial charge in [0.25, 0.3) is 21.6 Å². The highest BCUT2D eigenvalue weighted by Gasteiger charge is 2.33. The van der Waals surface area contributed by atoms with Crippen LogP contribution in [0.1, 0.15) is 54.6 Å². The number of nitro benzene ring substituents is 1. The number of amides is 1. The van der Waals surface area contributed by atoms with E-state index in [1.165, 1.54) is 30.0 Å². The minimum absolute atomic E-state index is 0.000113. The number of nitrogens with zero attached hydrogens (tertiary/aromatic N) is 5. The summed E-state index contributed by atoms with van der Waals surface area (Å²) < 4.78 is 76.0. The number of anilines is 2. The monoisotopic (exact) mass is 874 g/mol. The smallest absolute Gasteiger partial charge is 0.416 e. The number of hydrogen-bond acceptors (Lipinski definition) is 11. The molecule has 14 nitrogen and oxygen atoms in total. The van der Waals surface area contributed by atoms with E-state index in [1.54, 1.807) is 36.5 Å². The molecule has 0 atom stereocenters. The lowest BCUT2D eigenvalue weighted by Crippen LogP contribution is -2.47. The SMILES string of the molecule is CN(C)CCNc1ccc(S(=O)(=O)NC(=O)c2cccc(N3CCN(CC4=C(c5ccc(C(F)(F)F)cc5)CC(C)(C)CC4)CC3)c2Oc2cnc3[nH]ccc3c2)cc1[N+](=O)[O-]. The summed E-state index contributed by atoms with van der Waals surface area (Å²) in [7, 11) is -0.911. The average molecular weight is 875 g/mol. The number of nitro groups is 1. The van der Waals surface area contributed by atoms with Gasteiger partial charge in [0.2, 0.25) is 0 Å². The third-order valence-electron chi connectivity index (χ3n) is 11.3. The fourth-order valence-corrected chi connectivity index (χ4v) is 8.86. The first-order chi connectivity index (χ1) is 29.4. The zero-order valence-corrected chi connectivity index (χ0v) is 35.7. The minimum Gasteiger partial charge on any atom is -0.453 e. The van der Waals surface area contributed by atoms with Gasteiger partial charge in [-0.1, -0.05) is 37.6 Å². The van der Waals surface area contributed by atoms with Gasteiger partial charge in [0.05, 0.1) is 32.8 Å². The number of carbonyl (C=O) groups is 1. The second-order valence-corrected chi connectivity index (χ2v) is 18.4. The van der Waals surface area contributed by atoms with Gasteiger partial charge in [-0.2, -0.15) is 13.2 Å². The van der Waals surface area contributed by atoms with Gasteiger partial charge in [-0.15, -0.1) is 0 Å². The zero-order valence-electron chi connectivity index (χ0n) is 34.9. The Labute approximate surface area is 358 Å². The maximum Gasteiger partial charge on any atom is 0.416 e. The van der Waals surface area contributed by atoms with Crippen LogP contribution in [0.15, 0.2) is 95.7 Å². The molecule has 3 N–H and O–H groups in total. The van der Waals surface area contributed by atoms with Crippen LogP contribution in [0, 0.1) is 15.5 Å². The number of para-hydroxylation sites is 1. The van der Waals surface area contributed by atoms with Crippen molar-refractivity contribution in [2.45, 2.75) is 44.2 Å². The quantitative estimate of drug-likeness (QED) is 0.0728. The Hall–Kier alpha value is -5.98. The van der Waals surface area contributed by atoms with Crippen LogP contribution < -0.4 is 19.7 Å². The molecular formula is C44H49F3N8O6S. The van der Waals surface area contributed by atoms with Crippen molar-refractivity contribution >= 4 is 49.6 Å². The molecule has 1 amide bonds. The average Bonchev–Trinajstić information content (AvgIpc) is 3.69. The number of likely N-dealkylation sites (N-methyl/N-ethyl adjacent to an activating group) is 1. The molecule has 62 heavy (non-hydrogen) atoms. The number of piperazine rings is 1. The number of fused-ring (bicyclic) bond motifs is 1. The molecule has 1 fully saturated rings. The number of benzene rings is 3. The fourth-order valence-electron chi connectivity index (χ4n) is 7.87. The summed E-state index contributed by atoms with van der Waals surface area (Å²) in [5.74, 6) is -0.607. The minimum atomic E-state index is -4.61. The lowest BCUT2D eigenvalue weighted by atomic mass is 9.72. The van der Waals surface area contributed by atoms with Crippen molar-refractivity contribution in [1.82, 2.24) is 24.5 Å². The van der Waals surface area contributed by atoms with Gasteiger partial charge in [-0.25, -0.2) is 18.1 Å². The molecule has 0 unspecified atom stereocenters. The Bertz CT molecular complexity index is 2600. The molecule has 1 aliphatic carbocycles. The van der Waals surface area contributed by atoms with Crippen molar-refractivity contribution in [3.05, 3.63) is 118 Å². The molecule has 1 saturated heterocycles. The van der Waals surface area contributed by atoms with E-state index in [-0.39, 0.29) is 22.4 Å². The lowest BCUT2D eigenvalue weighted by Gasteiger charge is -2.39. The van der Waals surface area contributed by atoms with E-state index < -0.39 is 43.2 Å². The largest absolute Gasteiger partial charge is 0.453 e. The molecule has 5 aromatic rings. The lowest BCUT2D eigenvalue weighted by molar-refractivity contribution is -0.384. The predicted molar refractivity (Wildman–Crippen MR) is 232 cm³/mol. The number of alkyl halides is 3. The second kappa shape index (κ2) is 17.8. The highest BCUT2D eigenvalue weighted by molar-refractivity contribution is 7.90. The van der Waals surface area contributed by atoms with E-state index >= 15 is 0 Å². The Balaban J connectivity index is 1.14. The van der Waals surface area contributed by atoms with Crippen molar-refractivity contribution in [2.24, 2.45) is 5.41 Å². The number of H-pyrrole nitrogens is 1. The molecule has 18 heteroatoms. The molecule has 0 bridgehead atoms.